The molecule has 6 nitrogen and oxygen atoms in total. The number of carbonyl (C=O) groups excluding carboxylic acids is 2. The lowest BCUT2D eigenvalue weighted by Gasteiger charge is -2.44. The van der Waals surface area contributed by atoms with Crippen molar-refractivity contribution in [1.82, 2.24) is 15.5 Å². The van der Waals surface area contributed by atoms with Crippen LogP contribution in [0.3, 0.4) is 0 Å². The van der Waals surface area contributed by atoms with Gasteiger partial charge in [0.2, 0.25) is 5.91 Å². The van der Waals surface area contributed by atoms with Crippen LogP contribution in [0.4, 0.5) is 4.79 Å². The third-order valence-corrected chi connectivity index (χ3v) is 5.84. The summed E-state index contributed by atoms with van der Waals surface area (Å²) >= 11 is 0. The summed E-state index contributed by atoms with van der Waals surface area (Å²) in [4.78, 5) is 26.0. The molecule has 0 aromatic heterocycles. The van der Waals surface area contributed by atoms with E-state index in [1.807, 2.05) is 36.1 Å². The first-order chi connectivity index (χ1) is 13.0. The SMILES string of the molecule is CCCOc1ccccc1[C@@H](C)NC(=O)N1CCC2(CCC(=O)NC2)CC1. The van der Waals surface area contributed by atoms with E-state index >= 15 is 0 Å². The molecule has 2 N–H and O–H groups in total. The zero-order chi connectivity index (χ0) is 19.3. The second-order valence-electron chi connectivity index (χ2n) is 7.82. The molecule has 2 fully saturated rings. The molecule has 0 unspecified atom stereocenters. The molecule has 2 saturated heterocycles. The zero-order valence-corrected chi connectivity index (χ0v) is 16.4. The molecule has 0 saturated carbocycles. The molecule has 27 heavy (non-hydrogen) atoms. The van der Waals surface area contributed by atoms with Crippen LogP contribution in [0.25, 0.3) is 0 Å². The third-order valence-electron chi connectivity index (χ3n) is 5.84. The van der Waals surface area contributed by atoms with Gasteiger partial charge >= 0.3 is 6.03 Å². The minimum absolute atomic E-state index is 0.0255. The van der Waals surface area contributed by atoms with E-state index in [1.54, 1.807) is 0 Å². The number of hydrogen-bond acceptors (Lipinski definition) is 3. The number of carbonyl (C=O) groups is 2. The molecule has 2 aliphatic rings. The molecule has 1 atom stereocenters. The third kappa shape index (κ3) is 4.73. The highest BCUT2D eigenvalue weighted by atomic mass is 16.5. The van der Waals surface area contributed by atoms with E-state index in [2.05, 4.69) is 17.6 Å². The largest absolute Gasteiger partial charge is 0.493 e. The van der Waals surface area contributed by atoms with Gasteiger partial charge in [-0.1, -0.05) is 25.1 Å². The smallest absolute Gasteiger partial charge is 0.317 e. The van der Waals surface area contributed by atoms with E-state index in [9.17, 15) is 9.59 Å². The monoisotopic (exact) mass is 373 g/mol. The maximum Gasteiger partial charge on any atom is 0.317 e. The highest BCUT2D eigenvalue weighted by Crippen LogP contribution is 2.37. The summed E-state index contributed by atoms with van der Waals surface area (Å²) < 4.78 is 5.82. The quantitative estimate of drug-likeness (QED) is 0.832. The molecule has 2 aliphatic heterocycles. The number of urea groups is 1. The number of piperidine rings is 2. The Balaban J connectivity index is 1.54. The van der Waals surface area contributed by atoms with Gasteiger partial charge in [0.1, 0.15) is 5.75 Å². The lowest BCUT2D eigenvalue weighted by Crippen LogP contribution is -2.52. The molecule has 3 rings (SSSR count). The molecule has 0 aliphatic carbocycles. The number of benzene rings is 1. The van der Waals surface area contributed by atoms with Crippen LogP contribution in [0.5, 0.6) is 5.75 Å². The van der Waals surface area contributed by atoms with Crippen LogP contribution in [0.15, 0.2) is 24.3 Å². The second kappa shape index (κ2) is 8.63. The van der Waals surface area contributed by atoms with E-state index in [4.69, 9.17) is 4.74 Å². The Morgan fingerprint density at radius 2 is 2.04 bits per heavy atom. The van der Waals surface area contributed by atoms with E-state index in [0.29, 0.717) is 13.0 Å². The molecule has 148 valence electrons. The van der Waals surface area contributed by atoms with Crippen molar-refractivity contribution < 1.29 is 14.3 Å². The number of nitrogens with zero attached hydrogens (tertiary/aromatic N) is 1. The fraction of sp³-hybridized carbons (Fsp3) is 0.619. The van der Waals surface area contributed by atoms with Crippen molar-refractivity contribution in [3.8, 4) is 5.75 Å². The summed E-state index contributed by atoms with van der Waals surface area (Å²) in [7, 11) is 0. The van der Waals surface area contributed by atoms with E-state index in [1.165, 1.54) is 0 Å². The van der Waals surface area contributed by atoms with Gasteiger partial charge in [-0.3, -0.25) is 4.79 Å². The average Bonchev–Trinajstić information content (AvgIpc) is 2.69. The van der Waals surface area contributed by atoms with Crippen LogP contribution in [0.2, 0.25) is 0 Å². The summed E-state index contributed by atoms with van der Waals surface area (Å²) in [5.74, 6) is 0.987. The van der Waals surface area contributed by atoms with Gasteiger partial charge in [0, 0.05) is 31.6 Å². The Labute approximate surface area is 161 Å². The molecule has 1 aromatic carbocycles. The number of rotatable bonds is 5. The van der Waals surface area contributed by atoms with Gasteiger partial charge in [0.15, 0.2) is 0 Å². The van der Waals surface area contributed by atoms with Crippen molar-refractivity contribution in [3.05, 3.63) is 29.8 Å². The first-order valence-electron chi connectivity index (χ1n) is 10.1. The number of nitrogens with one attached hydrogen (secondary N) is 2. The van der Waals surface area contributed by atoms with Crippen molar-refractivity contribution in [2.24, 2.45) is 5.41 Å². The van der Waals surface area contributed by atoms with Crippen LogP contribution in [-0.4, -0.2) is 43.1 Å². The fourth-order valence-electron chi connectivity index (χ4n) is 3.99. The Hall–Kier alpha value is -2.24. The highest BCUT2D eigenvalue weighted by molar-refractivity contribution is 5.77. The Kier molecular flexibility index (Phi) is 6.24. The first-order valence-corrected chi connectivity index (χ1v) is 10.1. The summed E-state index contributed by atoms with van der Waals surface area (Å²) in [5, 5.41) is 6.11. The Morgan fingerprint density at radius 1 is 1.30 bits per heavy atom. The predicted octanol–water partition coefficient (Wildman–Crippen LogP) is 3.24. The van der Waals surface area contributed by atoms with E-state index < -0.39 is 0 Å². The van der Waals surface area contributed by atoms with Crippen molar-refractivity contribution in [2.45, 2.75) is 52.0 Å². The maximum atomic E-state index is 12.7. The Morgan fingerprint density at radius 3 is 2.70 bits per heavy atom. The number of ether oxygens (including phenoxy) is 1. The summed E-state index contributed by atoms with van der Waals surface area (Å²) in [6, 6.07) is 7.74. The van der Waals surface area contributed by atoms with Crippen LogP contribution in [-0.2, 0) is 4.79 Å². The molecule has 0 radical (unpaired) electrons. The summed E-state index contributed by atoms with van der Waals surface area (Å²) in [5.41, 5.74) is 1.18. The molecule has 2 heterocycles. The summed E-state index contributed by atoms with van der Waals surface area (Å²) in [6.45, 7) is 6.97. The molecule has 1 spiro atoms. The van der Waals surface area contributed by atoms with E-state index in [-0.39, 0.29) is 23.4 Å². The van der Waals surface area contributed by atoms with Gasteiger partial charge in [-0.05, 0) is 44.1 Å². The van der Waals surface area contributed by atoms with Gasteiger partial charge in [0.25, 0.3) is 0 Å². The standard InChI is InChI=1S/C21H31N3O3/c1-3-14-27-18-7-5-4-6-17(18)16(2)23-20(26)24-12-10-21(11-13-24)9-8-19(25)22-15-21/h4-7,16H,3,8-15H2,1-2H3,(H,22,25)(H,23,26)/t16-/m1/s1. The normalized spacial score (nSPS) is 20.1. The molecule has 3 amide bonds. The lowest BCUT2D eigenvalue weighted by molar-refractivity contribution is -0.125. The fourth-order valence-corrected chi connectivity index (χ4v) is 3.99. The number of para-hydroxylation sites is 1. The van der Waals surface area contributed by atoms with Gasteiger partial charge in [0.05, 0.1) is 12.6 Å². The van der Waals surface area contributed by atoms with Crippen molar-refractivity contribution >= 4 is 11.9 Å². The molecule has 1 aromatic rings. The van der Waals surface area contributed by atoms with Crippen molar-refractivity contribution in [1.29, 1.82) is 0 Å². The van der Waals surface area contributed by atoms with Crippen LogP contribution in [0.1, 0.15) is 57.6 Å². The number of likely N-dealkylation sites (tertiary alicyclic amines) is 1. The van der Waals surface area contributed by atoms with Crippen LogP contribution in [0, 0.1) is 5.41 Å². The van der Waals surface area contributed by atoms with Gasteiger partial charge < -0.3 is 20.3 Å². The average molecular weight is 373 g/mol. The van der Waals surface area contributed by atoms with Gasteiger partial charge in [-0.25, -0.2) is 4.79 Å². The summed E-state index contributed by atoms with van der Waals surface area (Å²) in [6.07, 6.45) is 4.40. The maximum absolute atomic E-state index is 12.7. The van der Waals surface area contributed by atoms with E-state index in [0.717, 1.165) is 56.6 Å². The number of amides is 3. The molecular weight excluding hydrogens is 342 g/mol. The van der Waals surface area contributed by atoms with Crippen molar-refractivity contribution in [2.75, 3.05) is 26.2 Å². The molecule has 0 bridgehead atoms. The lowest BCUT2D eigenvalue weighted by atomic mass is 9.73. The minimum Gasteiger partial charge on any atom is -0.493 e. The minimum atomic E-state index is -0.115. The van der Waals surface area contributed by atoms with Crippen LogP contribution >= 0.6 is 0 Å². The van der Waals surface area contributed by atoms with Crippen molar-refractivity contribution in [3.63, 3.8) is 0 Å². The topological polar surface area (TPSA) is 70.7 Å². The molecular formula is C21H31N3O3. The van der Waals surface area contributed by atoms with Crippen LogP contribution < -0.4 is 15.4 Å². The molecule has 6 heteroatoms. The number of hydrogen-bond donors (Lipinski definition) is 2. The first kappa shape index (κ1) is 19.5. The van der Waals surface area contributed by atoms with Gasteiger partial charge in [-0.15, -0.1) is 0 Å². The highest BCUT2D eigenvalue weighted by Gasteiger charge is 2.38. The predicted molar refractivity (Wildman–Crippen MR) is 105 cm³/mol. The zero-order valence-electron chi connectivity index (χ0n) is 16.4. The second-order valence-corrected chi connectivity index (χ2v) is 7.82. The van der Waals surface area contributed by atoms with Gasteiger partial charge in [-0.2, -0.15) is 0 Å². The Bertz CT molecular complexity index is 656.